The summed E-state index contributed by atoms with van der Waals surface area (Å²) < 4.78 is 7.75. The van der Waals surface area contributed by atoms with E-state index < -0.39 is 11.3 Å². The van der Waals surface area contributed by atoms with Crippen molar-refractivity contribution in [3.8, 4) is 22.8 Å². The third-order valence-electron chi connectivity index (χ3n) is 5.36. The fourth-order valence-corrected chi connectivity index (χ4v) is 3.81. The molecule has 148 valence electrons. The minimum atomic E-state index is -0.738. The number of rotatable bonds is 5. The highest BCUT2D eigenvalue weighted by molar-refractivity contribution is 5.92. The summed E-state index contributed by atoms with van der Waals surface area (Å²) in [5.41, 5.74) is 8.32. The molecule has 0 spiro atoms. The molecule has 1 unspecified atom stereocenters. The highest BCUT2D eigenvalue weighted by atomic mass is 16.5. The van der Waals surface area contributed by atoms with Crippen molar-refractivity contribution >= 4 is 5.91 Å². The van der Waals surface area contributed by atoms with Crippen LogP contribution in [0.1, 0.15) is 40.9 Å². The van der Waals surface area contributed by atoms with Crippen LogP contribution in [-0.2, 0) is 13.0 Å². The molecular weight excluding hydrogens is 368 g/mol. The molecule has 1 aliphatic heterocycles. The summed E-state index contributed by atoms with van der Waals surface area (Å²) in [7, 11) is 0. The smallest absolute Gasteiger partial charge is 0.254 e. The lowest BCUT2D eigenvalue weighted by molar-refractivity contribution is 0.0998. The maximum absolute atomic E-state index is 12.3. The summed E-state index contributed by atoms with van der Waals surface area (Å²) in [6.07, 6.45) is 3.05. The Labute approximate surface area is 168 Å². The molecule has 0 saturated heterocycles. The number of nitrogens with zero attached hydrogens (tertiary/aromatic N) is 1. The predicted molar refractivity (Wildman–Crippen MR) is 110 cm³/mol. The van der Waals surface area contributed by atoms with Crippen LogP contribution >= 0.6 is 0 Å². The molecule has 2 heterocycles. The first-order valence-corrected chi connectivity index (χ1v) is 9.57. The van der Waals surface area contributed by atoms with Gasteiger partial charge >= 0.3 is 0 Å². The number of ether oxygens (including phenoxy) is 1. The van der Waals surface area contributed by atoms with E-state index in [9.17, 15) is 14.7 Å². The van der Waals surface area contributed by atoms with E-state index in [1.165, 1.54) is 12.3 Å². The second-order valence-electron chi connectivity index (χ2n) is 7.23. The van der Waals surface area contributed by atoms with Crippen molar-refractivity contribution in [2.24, 2.45) is 5.73 Å². The fourth-order valence-electron chi connectivity index (χ4n) is 3.81. The number of nitrogens with two attached hydrogens (primary N) is 1. The van der Waals surface area contributed by atoms with Gasteiger partial charge in [0.2, 0.25) is 0 Å². The average molecular weight is 390 g/mol. The standard InChI is InChI=1S/C23H22N2O4/c1-2-16-8-15-9-22(29-13-14-6-4-3-5-7-14)21(27)10-17(15)19-11-20(26)18(23(24)28)12-25(16)19/h3-7,9-12,16,27H,2,8,13H2,1H3,(H2,24,28). The van der Waals surface area contributed by atoms with Gasteiger partial charge in [0.1, 0.15) is 12.2 Å². The maximum Gasteiger partial charge on any atom is 0.254 e. The minimum Gasteiger partial charge on any atom is -0.504 e. The van der Waals surface area contributed by atoms with Crippen LogP contribution in [0.25, 0.3) is 11.3 Å². The van der Waals surface area contributed by atoms with Gasteiger partial charge in [-0.2, -0.15) is 0 Å². The lowest BCUT2D eigenvalue weighted by Gasteiger charge is -2.30. The van der Waals surface area contributed by atoms with Gasteiger partial charge in [-0.25, -0.2) is 0 Å². The molecule has 4 rings (SSSR count). The molecular formula is C23H22N2O4. The molecule has 2 aromatic carbocycles. The van der Waals surface area contributed by atoms with Crippen LogP contribution in [0.15, 0.2) is 59.5 Å². The van der Waals surface area contributed by atoms with Crippen LogP contribution in [0.3, 0.4) is 0 Å². The number of carbonyl (C=O) groups excluding carboxylic acids is 1. The van der Waals surface area contributed by atoms with E-state index in [1.54, 1.807) is 6.07 Å². The molecule has 0 radical (unpaired) electrons. The second kappa shape index (κ2) is 7.47. The van der Waals surface area contributed by atoms with Crippen molar-refractivity contribution in [3.63, 3.8) is 0 Å². The van der Waals surface area contributed by atoms with Crippen LogP contribution < -0.4 is 15.9 Å². The normalized spacial score (nSPS) is 14.7. The van der Waals surface area contributed by atoms with Gasteiger partial charge in [-0.3, -0.25) is 9.59 Å². The molecule has 6 heteroatoms. The molecule has 0 aliphatic carbocycles. The summed E-state index contributed by atoms with van der Waals surface area (Å²) in [5.74, 6) is -0.321. The third kappa shape index (κ3) is 3.49. The number of hydrogen-bond acceptors (Lipinski definition) is 4. The Morgan fingerprint density at radius 3 is 2.69 bits per heavy atom. The molecule has 1 atom stereocenters. The summed E-state index contributed by atoms with van der Waals surface area (Å²) in [6.45, 7) is 2.40. The molecule has 1 aliphatic rings. The maximum atomic E-state index is 12.3. The zero-order chi connectivity index (χ0) is 20.5. The largest absolute Gasteiger partial charge is 0.504 e. The number of carbonyl (C=O) groups is 1. The molecule has 6 nitrogen and oxygen atoms in total. The molecule has 3 aromatic rings. The Morgan fingerprint density at radius 1 is 1.24 bits per heavy atom. The molecule has 0 fully saturated rings. The molecule has 0 bridgehead atoms. The summed E-state index contributed by atoms with van der Waals surface area (Å²) in [5, 5.41) is 10.5. The SMILES string of the molecule is CCC1Cc2cc(OCc3ccccc3)c(O)cc2-c2cc(=O)c(C(N)=O)cn21. The van der Waals surface area contributed by atoms with Crippen molar-refractivity contribution in [2.75, 3.05) is 0 Å². The lowest BCUT2D eigenvalue weighted by atomic mass is 9.90. The number of aromatic nitrogens is 1. The fraction of sp³-hybridized carbons (Fsp3) is 0.217. The van der Waals surface area contributed by atoms with Gasteiger partial charge in [0, 0.05) is 23.9 Å². The van der Waals surface area contributed by atoms with Gasteiger partial charge in [-0.05, 0) is 36.1 Å². The number of amides is 1. The summed E-state index contributed by atoms with van der Waals surface area (Å²) in [6, 6.07) is 14.7. The van der Waals surface area contributed by atoms with Crippen molar-refractivity contribution in [1.29, 1.82) is 0 Å². The average Bonchev–Trinajstić information content (AvgIpc) is 2.72. The zero-order valence-electron chi connectivity index (χ0n) is 16.1. The number of fused-ring (bicyclic) bond motifs is 3. The highest BCUT2D eigenvalue weighted by Gasteiger charge is 2.26. The number of benzene rings is 2. The van der Waals surface area contributed by atoms with Crippen LogP contribution in [-0.4, -0.2) is 15.6 Å². The summed E-state index contributed by atoms with van der Waals surface area (Å²) >= 11 is 0. The molecule has 29 heavy (non-hydrogen) atoms. The van der Waals surface area contributed by atoms with Crippen LogP contribution in [0.5, 0.6) is 11.5 Å². The van der Waals surface area contributed by atoms with E-state index in [4.69, 9.17) is 10.5 Å². The number of pyridine rings is 1. The van der Waals surface area contributed by atoms with Crippen LogP contribution in [0.2, 0.25) is 0 Å². The first-order valence-electron chi connectivity index (χ1n) is 9.57. The lowest BCUT2D eigenvalue weighted by Crippen LogP contribution is -2.27. The number of hydrogen-bond donors (Lipinski definition) is 2. The number of phenols is 1. The van der Waals surface area contributed by atoms with Gasteiger partial charge in [-0.1, -0.05) is 37.3 Å². The van der Waals surface area contributed by atoms with Gasteiger partial charge in [0.25, 0.3) is 5.91 Å². The van der Waals surface area contributed by atoms with E-state index in [0.29, 0.717) is 24.5 Å². The van der Waals surface area contributed by atoms with Crippen molar-refractivity contribution in [2.45, 2.75) is 32.4 Å². The Hall–Kier alpha value is -3.54. The third-order valence-corrected chi connectivity index (χ3v) is 5.36. The monoisotopic (exact) mass is 390 g/mol. The summed E-state index contributed by atoms with van der Waals surface area (Å²) in [4.78, 5) is 23.9. The quantitative estimate of drug-likeness (QED) is 0.698. The van der Waals surface area contributed by atoms with Gasteiger partial charge in [-0.15, -0.1) is 0 Å². The molecule has 3 N–H and O–H groups in total. The van der Waals surface area contributed by atoms with Gasteiger partial charge in [0.15, 0.2) is 16.9 Å². The predicted octanol–water partition coefficient (Wildman–Crippen LogP) is 3.41. The van der Waals surface area contributed by atoms with Crippen molar-refractivity contribution in [1.82, 2.24) is 4.57 Å². The van der Waals surface area contributed by atoms with E-state index >= 15 is 0 Å². The van der Waals surface area contributed by atoms with E-state index in [2.05, 4.69) is 6.92 Å². The second-order valence-corrected chi connectivity index (χ2v) is 7.23. The van der Waals surface area contributed by atoms with Gasteiger partial charge < -0.3 is 20.1 Å². The number of aromatic hydroxyl groups is 1. The Bertz CT molecular complexity index is 1140. The topological polar surface area (TPSA) is 94.6 Å². The Kier molecular flexibility index (Phi) is 4.84. The van der Waals surface area contributed by atoms with Crippen molar-refractivity contribution in [3.05, 3.63) is 81.6 Å². The zero-order valence-corrected chi connectivity index (χ0v) is 16.1. The van der Waals surface area contributed by atoms with Gasteiger partial charge in [0.05, 0.1) is 5.69 Å². The Balaban J connectivity index is 1.75. The Morgan fingerprint density at radius 2 is 2.00 bits per heavy atom. The number of phenolic OH excluding ortho intramolecular Hbond substituents is 1. The van der Waals surface area contributed by atoms with E-state index in [1.807, 2.05) is 41.0 Å². The van der Waals surface area contributed by atoms with Crippen LogP contribution in [0.4, 0.5) is 0 Å². The van der Waals surface area contributed by atoms with E-state index in [-0.39, 0.29) is 17.4 Å². The van der Waals surface area contributed by atoms with E-state index in [0.717, 1.165) is 23.1 Å². The molecule has 1 aromatic heterocycles. The van der Waals surface area contributed by atoms with Crippen LogP contribution in [0, 0.1) is 0 Å². The first kappa shape index (κ1) is 18.8. The minimum absolute atomic E-state index is 0.00704. The van der Waals surface area contributed by atoms with Crippen molar-refractivity contribution < 1.29 is 14.6 Å². The first-order chi connectivity index (χ1) is 14.0. The molecule has 0 saturated carbocycles. The highest BCUT2D eigenvalue weighted by Crippen LogP contribution is 2.41. The number of primary amides is 1. The molecule has 1 amide bonds.